The summed E-state index contributed by atoms with van der Waals surface area (Å²) in [6.45, 7) is 4.19. The summed E-state index contributed by atoms with van der Waals surface area (Å²) in [5.41, 5.74) is 0.476. The van der Waals surface area contributed by atoms with Crippen molar-refractivity contribution in [2.75, 3.05) is 13.1 Å². The highest BCUT2D eigenvalue weighted by molar-refractivity contribution is 5.97. The predicted octanol–water partition coefficient (Wildman–Crippen LogP) is 3.36. The second-order valence-corrected chi connectivity index (χ2v) is 6.48. The molecule has 3 rings (SSSR count). The van der Waals surface area contributed by atoms with Gasteiger partial charge in [-0.25, -0.2) is 0 Å². The first-order valence-electron chi connectivity index (χ1n) is 8.74. The Morgan fingerprint density at radius 2 is 2.12 bits per heavy atom. The quantitative estimate of drug-likeness (QED) is 0.923. The van der Waals surface area contributed by atoms with Gasteiger partial charge in [0.25, 0.3) is 5.91 Å². The number of nitrogens with one attached hydrogen (secondary N) is 1. The van der Waals surface area contributed by atoms with Crippen LogP contribution in [0.5, 0.6) is 0 Å². The van der Waals surface area contributed by atoms with E-state index in [9.17, 15) is 9.59 Å². The molecule has 1 atom stereocenters. The van der Waals surface area contributed by atoms with Gasteiger partial charge >= 0.3 is 0 Å². The lowest BCUT2D eigenvalue weighted by atomic mass is 10.1. The predicted molar refractivity (Wildman–Crippen MR) is 92.1 cm³/mol. The largest absolute Gasteiger partial charge is 0.467 e. The van der Waals surface area contributed by atoms with Crippen LogP contribution in [-0.2, 0) is 4.79 Å². The molecule has 0 saturated carbocycles. The third kappa shape index (κ3) is 3.95. The molecule has 2 amide bonds. The summed E-state index contributed by atoms with van der Waals surface area (Å²) in [6, 6.07) is 5.38. The zero-order valence-corrected chi connectivity index (χ0v) is 14.7. The highest BCUT2D eigenvalue weighted by Gasteiger charge is 2.28. The van der Waals surface area contributed by atoms with Crippen LogP contribution in [0.4, 0.5) is 0 Å². The lowest BCUT2D eigenvalue weighted by Crippen LogP contribution is -2.42. The minimum atomic E-state index is -0.285. The van der Waals surface area contributed by atoms with Crippen molar-refractivity contribution in [3.63, 3.8) is 0 Å². The molecule has 2 aromatic heterocycles. The first-order valence-corrected chi connectivity index (χ1v) is 8.74. The number of hydrogen-bond donors (Lipinski definition) is 1. The van der Waals surface area contributed by atoms with Crippen LogP contribution in [-0.4, -0.2) is 29.8 Å². The van der Waals surface area contributed by atoms with Crippen LogP contribution in [0.1, 0.15) is 59.4 Å². The van der Waals surface area contributed by atoms with Crippen molar-refractivity contribution in [1.82, 2.24) is 10.2 Å². The Kier molecular flexibility index (Phi) is 5.26. The van der Waals surface area contributed by atoms with E-state index in [0.717, 1.165) is 31.4 Å². The molecule has 0 aliphatic carbocycles. The molecule has 1 aliphatic rings. The van der Waals surface area contributed by atoms with Crippen molar-refractivity contribution in [3.8, 4) is 0 Å². The highest BCUT2D eigenvalue weighted by Crippen LogP contribution is 2.30. The summed E-state index contributed by atoms with van der Waals surface area (Å²) in [5.74, 6) is 1.68. The van der Waals surface area contributed by atoms with Gasteiger partial charge in [-0.2, -0.15) is 0 Å². The summed E-state index contributed by atoms with van der Waals surface area (Å²) in [7, 11) is 0. The van der Waals surface area contributed by atoms with E-state index in [1.807, 2.05) is 17.0 Å². The van der Waals surface area contributed by atoms with E-state index in [1.54, 1.807) is 26.2 Å². The van der Waals surface area contributed by atoms with Crippen molar-refractivity contribution in [3.05, 3.63) is 47.3 Å². The summed E-state index contributed by atoms with van der Waals surface area (Å²) in [5, 5.41) is 2.72. The van der Waals surface area contributed by atoms with Crippen LogP contribution in [0.15, 0.2) is 33.3 Å². The molecule has 1 saturated heterocycles. The number of rotatable bonds is 4. The van der Waals surface area contributed by atoms with E-state index >= 15 is 0 Å². The third-order valence-electron chi connectivity index (χ3n) is 4.63. The van der Waals surface area contributed by atoms with Gasteiger partial charge in [-0.15, -0.1) is 0 Å². The normalized spacial score (nSPS) is 18.0. The van der Waals surface area contributed by atoms with Crippen LogP contribution in [0.2, 0.25) is 0 Å². The fraction of sp³-hybridized carbons (Fsp3) is 0.474. The second kappa shape index (κ2) is 7.59. The second-order valence-electron chi connectivity index (χ2n) is 6.48. The molecule has 0 bridgehead atoms. The number of nitrogens with zero attached hydrogens (tertiary/aromatic N) is 1. The minimum absolute atomic E-state index is 0.0281. The standard InChI is InChI=1S/C19H24N2O4/c1-13-11-15(14(2)25-13)19(23)20-12-18(22)21-9-5-3-4-7-16(21)17-8-6-10-24-17/h6,8,10-11,16H,3-5,7,9,12H2,1-2H3,(H,20,23)/t16-/m1/s1. The first kappa shape index (κ1) is 17.3. The van der Waals surface area contributed by atoms with Gasteiger partial charge in [0.1, 0.15) is 17.3 Å². The lowest BCUT2D eigenvalue weighted by molar-refractivity contribution is -0.132. The molecule has 2 aromatic rings. The summed E-state index contributed by atoms with van der Waals surface area (Å²) in [6.07, 6.45) is 5.65. The Hall–Kier alpha value is -2.50. The highest BCUT2D eigenvalue weighted by atomic mass is 16.3. The zero-order valence-electron chi connectivity index (χ0n) is 14.7. The SMILES string of the molecule is Cc1cc(C(=O)NCC(=O)N2CCCCC[C@@H]2c2ccco2)c(C)o1. The summed E-state index contributed by atoms with van der Waals surface area (Å²) < 4.78 is 10.9. The van der Waals surface area contributed by atoms with Gasteiger partial charge in [0, 0.05) is 6.54 Å². The number of hydrogen-bond acceptors (Lipinski definition) is 4. The van der Waals surface area contributed by atoms with E-state index in [4.69, 9.17) is 8.83 Å². The summed E-state index contributed by atoms with van der Waals surface area (Å²) >= 11 is 0. The number of carbonyl (C=O) groups is 2. The molecular weight excluding hydrogens is 320 g/mol. The van der Waals surface area contributed by atoms with Crippen LogP contribution in [0.3, 0.4) is 0 Å². The number of furan rings is 2. The third-order valence-corrected chi connectivity index (χ3v) is 4.63. The molecule has 25 heavy (non-hydrogen) atoms. The topological polar surface area (TPSA) is 75.7 Å². The molecule has 0 unspecified atom stereocenters. The maximum absolute atomic E-state index is 12.7. The van der Waals surface area contributed by atoms with Crippen molar-refractivity contribution in [1.29, 1.82) is 0 Å². The number of carbonyl (C=O) groups excluding carboxylic acids is 2. The van der Waals surface area contributed by atoms with Crippen molar-refractivity contribution < 1.29 is 18.4 Å². The van der Waals surface area contributed by atoms with Gasteiger partial charge in [0.05, 0.1) is 24.4 Å². The number of aryl methyl sites for hydroxylation is 2. The van der Waals surface area contributed by atoms with Gasteiger partial charge in [0.15, 0.2) is 0 Å². The Balaban J connectivity index is 1.66. The zero-order chi connectivity index (χ0) is 17.8. The van der Waals surface area contributed by atoms with Crippen LogP contribution in [0.25, 0.3) is 0 Å². The van der Waals surface area contributed by atoms with E-state index in [-0.39, 0.29) is 24.4 Å². The smallest absolute Gasteiger partial charge is 0.255 e. The van der Waals surface area contributed by atoms with Crippen molar-refractivity contribution in [2.45, 2.75) is 45.6 Å². The number of amides is 2. The molecule has 3 heterocycles. The van der Waals surface area contributed by atoms with E-state index < -0.39 is 0 Å². The molecule has 6 nitrogen and oxygen atoms in total. The number of likely N-dealkylation sites (tertiary alicyclic amines) is 1. The maximum Gasteiger partial charge on any atom is 0.255 e. The van der Waals surface area contributed by atoms with Crippen LogP contribution >= 0.6 is 0 Å². The molecule has 0 aromatic carbocycles. The van der Waals surface area contributed by atoms with Gasteiger partial charge < -0.3 is 19.1 Å². The molecule has 0 radical (unpaired) electrons. The van der Waals surface area contributed by atoms with Crippen LogP contribution < -0.4 is 5.32 Å². The van der Waals surface area contributed by atoms with E-state index in [2.05, 4.69) is 5.32 Å². The van der Waals surface area contributed by atoms with Gasteiger partial charge in [-0.3, -0.25) is 9.59 Å². The van der Waals surface area contributed by atoms with Gasteiger partial charge in [0.2, 0.25) is 5.91 Å². The van der Waals surface area contributed by atoms with Crippen molar-refractivity contribution in [2.24, 2.45) is 0 Å². The van der Waals surface area contributed by atoms with Crippen molar-refractivity contribution >= 4 is 11.8 Å². The molecule has 1 N–H and O–H groups in total. The molecule has 1 aliphatic heterocycles. The van der Waals surface area contributed by atoms with Crippen LogP contribution in [0, 0.1) is 13.8 Å². The molecule has 1 fully saturated rings. The molecule has 134 valence electrons. The van der Waals surface area contributed by atoms with E-state index in [0.29, 0.717) is 23.6 Å². The Bertz CT molecular complexity index is 733. The Morgan fingerprint density at radius 1 is 1.28 bits per heavy atom. The fourth-order valence-electron chi connectivity index (χ4n) is 3.39. The molecule has 6 heteroatoms. The Morgan fingerprint density at radius 3 is 2.80 bits per heavy atom. The molecular formula is C19H24N2O4. The lowest BCUT2D eigenvalue weighted by Gasteiger charge is -2.28. The van der Waals surface area contributed by atoms with Gasteiger partial charge in [-0.1, -0.05) is 12.8 Å². The monoisotopic (exact) mass is 344 g/mol. The van der Waals surface area contributed by atoms with Gasteiger partial charge in [-0.05, 0) is 44.9 Å². The first-order chi connectivity index (χ1) is 12.1. The Labute approximate surface area is 147 Å². The average molecular weight is 344 g/mol. The minimum Gasteiger partial charge on any atom is -0.467 e. The van der Waals surface area contributed by atoms with E-state index in [1.165, 1.54) is 0 Å². The average Bonchev–Trinajstić information content (AvgIpc) is 3.15. The molecule has 0 spiro atoms. The maximum atomic E-state index is 12.7. The summed E-state index contributed by atoms with van der Waals surface area (Å²) in [4.78, 5) is 26.8. The fourth-order valence-corrected chi connectivity index (χ4v) is 3.39.